The lowest BCUT2D eigenvalue weighted by molar-refractivity contribution is -0.133. The van der Waals surface area contributed by atoms with Gasteiger partial charge in [-0.3, -0.25) is 30.4 Å². The summed E-state index contributed by atoms with van der Waals surface area (Å²) in [6.07, 6.45) is 9.87. The Labute approximate surface area is 269 Å². The fourth-order valence-electron chi connectivity index (χ4n) is 8.45. The number of aliphatic hydroxyl groups excluding tert-OH is 1. The molecule has 2 amide bonds. The van der Waals surface area contributed by atoms with Gasteiger partial charge in [0.2, 0.25) is 11.8 Å². The molecular weight excluding hydrogens is 574 g/mol. The van der Waals surface area contributed by atoms with Gasteiger partial charge < -0.3 is 30.1 Å². The molecule has 256 valence electrons. The molecule has 0 bridgehead atoms. The van der Waals surface area contributed by atoms with E-state index < -0.39 is 6.10 Å². The highest BCUT2D eigenvalue weighted by Gasteiger charge is 2.40. The number of piperazine rings is 1. The van der Waals surface area contributed by atoms with Crippen LogP contribution in [-0.4, -0.2) is 128 Å². The van der Waals surface area contributed by atoms with Crippen molar-refractivity contribution in [2.75, 3.05) is 52.6 Å². The Kier molecular flexibility index (Phi) is 11.7. The van der Waals surface area contributed by atoms with Gasteiger partial charge in [-0.1, -0.05) is 13.3 Å². The second kappa shape index (κ2) is 15.7. The number of rotatable bonds is 11. The molecule has 0 aromatic heterocycles. The Morgan fingerprint density at radius 3 is 2.56 bits per heavy atom. The van der Waals surface area contributed by atoms with Crippen LogP contribution in [0, 0.1) is 17.8 Å². The van der Waals surface area contributed by atoms with Gasteiger partial charge in [-0.15, -0.1) is 0 Å². The molecule has 2 saturated carbocycles. The number of hydrogen-bond donors (Lipinski definition) is 6. The summed E-state index contributed by atoms with van der Waals surface area (Å²) in [7, 11) is 0. The average molecular weight is 634 g/mol. The monoisotopic (exact) mass is 633 g/mol. The number of hydrogen-bond acceptors (Lipinski definition) is 10. The van der Waals surface area contributed by atoms with Gasteiger partial charge in [0, 0.05) is 63.2 Å². The number of nitrogens with one attached hydrogen (secondary N) is 5. The molecule has 6 fully saturated rings. The van der Waals surface area contributed by atoms with Crippen molar-refractivity contribution in [2.24, 2.45) is 17.8 Å². The zero-order valence-electron chi connectivity index (χ0n) is 27.6. The van der Waals surface area contributed by atoms with Crippen molar-refractivity contribution in [2.45, 2.75) is 127 Å². The third-order valence-electron chi connectivity index (χ3n) is 11.7. The predicted octanol–water partition coefficient (Wildman–Crippen LogP) is 0.309. The third kappa shape index (κ3) is 8.56. The molecule has 10 atom stereocenters. The van der Waals surface area contributed by atoms with E-state index in [4.69, 9.17) is 9.47 Å². The molecule has 4 saturated heterocycles. The molecule has 4 aliphatic heterocycles. The van der Waals surface area contributed by atoms with Gasteiger partial charge in [0.15, 0.2) is 0 Å². The highest BCUT2D eigenvalue weighted by Crippen LogP contribution is 2.37. The van der Waals surface area contributed by atoms with Crippen LogP contribution in [0.15, 0.2) is 0 Å². The summed E-state index contributed by atoms with van der Waals surface area (Å²) in [5.74, 6) is 1.29. The van der Waals surface area contributed by atoms with Crippen molar-refractivity contribution >= 4 is 11.8 Å². The van der Waals surface area contributed by atoms with Crippen molar-refractivity contribution in [3.63, 3.8) is 0 Å². The minimum atomic E-state index is -0.608. The van der Waals surface area contributed by atoms with Crippen molar-refractivity contribution in [3.8, 4) is 0 Å². The molecule has 0 aromatic rings. The quantitative estimate of drug-likeness (QED) is 0.189. The molecule has 0 radical (unpaired) electrons. The topological polar surface area (TPSA) is 139 Å². The number of aliphatic hydroxyl groups is 1. The van der Waals surface area contributed by atoms with Crippen LogP contribution in [0.2, 0.25) is 0 Å². The summed E-state index contributed by atoms with van der Waals surface area (Å²) in [6.45, 7) is 9.61. The molecule has 6 rings (SSSR count). The molecule has 6 N–H and O–H groups in total. The summed E-state index contributed by atoms with van der Waals surface area (Å²) in [4.78, 5) is 30.1. The summed E-state index contributed by atoms with van der Waals surface area (Å²) in [5.41, 5.74) is 0. The molecule has 45 heavy (non-hydrogen) atoms. The normalized spacial score (nSPS) is 38.7. The minimum absolute atomic E-state index is 0.00115. The van der Waals surface area contributed by atoms with E-state index >= 15 is 0 Å². The lowest BCUT2D eigenvalue weighted by Gasteiger charge is -2.46. The van der Waals surface area contributed by atoms with Crippen molar-refractivity contribution in [3.05, 3.63) is 0 Å². The molecule has 0 aromatic carbocycles. The first-order valence-corrected chi connectivity index (χ1v) is 18.1. The van der Waals surface area contributed by atoms with Crippen LogP contribution in [-0.2, 0) is 19.1 Å². The maximum Gasteiger partial charge on any atom is 0.223 e. The number of carbonyl (C=O) groups is 2. The summed E-state index contributed by atoms with van der Waals surface area (Å²) in [6, 6.07) is 0.858. The Hall–Kier alpha value is -1.38. The SMILES string of the molecule is CCC(=O)N1CCN(C2CC(C(=O)NC[C@@H](O)[C@@H]3CC4CCC(OCC5OCNC5C)CC4CN3)CC(NC3CCC3)N2)CC1. The van der Waals surface area contributed by atoms with Crippen LogP contribution < -0.4 is 26.6 Å². The summed E-state index contributed by atoms with van der Waals surface area (Å²) < 4.78 is 12.0. The largest absolute Gasteiger partial charge is 0.390 e. The summed E-state index contributed by atoms with van der Waals surface area (Å²) >= 11 is 0. The fourth-order valence-corrected chi connectivity index (χ4v) is 8.45. The maximum absolute atomic E-state index is 13.6. The second-order valence-electron chi connectivity index (χ2n) is 14.7. The molecule has 8 unspecified atom stereocenters. The Morgan fingerprint density at radius 2 is 1.84 bits per heavy atom. The molecule has 6 aliphatic rings. The van der Waals surface area contributed by atoms with Crippen LogP contribution in [0.4, 0.5) is 0 Å². The zero-order chi connectivity index (χ0) is 31.3. The smallest absolute Gasteiger partial charge is 0.223 e. The van der Waals surface area contributed by atoms with Crippen LogP contribution >= 0.6 is 0 Å². The molecule has 2 aliphatic carbocycles. The van der Waals surface area contributed by atoms with Crippen LogP contribution in [0.25, 0.3) is 0 Å². The molecule has 12 nitrogen and oxygen atoms in total. The highest BCUT2D eigenvalue weighted by atomic mass is 16.5. The maximum atomic E-state index is 13.6. The highest BCUT2D eigenvalue weighted by molar-refractivity contribution is 5.79. The van der Waals surface area contributed by atoms with Crippen molar-refractivity contribution in [1.82, 2.24) is 36.4 Å². The number of nitrogens with zero attached hydrogens (tertiary/aromatic N) is 2. The van der Waals surface area contributed by atoms with E-state index in [-0.39, 0.29) is 54.9 Å². The number of piperidine rings is 2. The average Bonchev–Trinajstić information content (AvgIpc) is 3.47. The number of ether oxygens (including phenoxy) is 2. The number of fused-ring (bicyclic) bond motifs is 1. The van der Waals surface area contributed by atoms with Crippen LogP contribution in [0.5, 0.6) is 0 Å². The third-order valence-corrected chi connectivity index (χ3v) is 11.7. The standard InChI is InChI=1S/C33H59N7O5/c1-3-32(42)40-11-9-39(10-12-40)31-16-23(15-30(38-31)37-25-5-4-6-25)33(43)35-18-28(41)27-14-22-7-8-26(13-24(22)17-34-27)44-19-29-21(2)36-20-45-29/h21-31,34,36-38,41H,3-20H2,1-2H3,(H,35,43)/t21?,22?,23?,24?,26?,27-,28+,29?,30?,31?/m0/s1. The van der Waals surface area contributed by atoms with Crippen LogP contribution in [0.3, 0.4) is 0 Å². The van der Waals surface area contributed by atoms with E-state index in [0.717, 1.165) is 71.2 Å². The van der Waals surface area contributed by atoms with Gasteiger partial charge in [-0.05, 0) is 76.7 Å². The van der Waals surface area contributed by atoms with Gasteiger partial charge in [0.05, 0.1) is 44.0 Å². The molecule has 0 spiro atoms. The predicted molar refractivity (Wildman–Crippen MR) is 171 cm³/mol. The first kappa shape index (κ1) is 33.5. The van der Waals surface area contributed by atoms with Gasteiger partial charge in [0.1, 0.15) is 0 Å². The van der Waals surface area contributed by atoms with E-state index in [1.165, 1.54) is 19.3 Å². The summed E-state index contributed by atoms with van der Waals surface area (Å²) in [5, 5.41) is 28.8. The fraction of sp³-hybridized carbons (Fsp3) is 0.939. The first-order chi connectivity index (χ1) is 21.9. The Balaban J connectivity index is 0.950. The lowest BCUT2D eigenvalue weighted by Crippen LogP contribution is -2.65. The van der Waals surface area contributed by atoms with Gasteiger partial charge >= 0.3 is 0 Å². The van der Waals surface area contributed by atoms with Crippen LogP contribution in [0.1, 0.15) is 78.1 Å². The minimum Gasteiger partial charge on any atom is -0.390 e. The first-order valence-electron chi connectivity index (χ1n) is 18.1. The Morgan fingerprint density at radius 1 is 1.02 bits per heavy atom. The van der Waals surface area contributed by atoms with E-state index in [0.29, 0.717) is 43.7 Å². The van der Waals surface area contributed by atoms with E-state index in [1.54, 1.807) is 0 Å². The van der Waals surface area contributed by atoms with E-state index in [9.17, 15) is 14.7 Å². The second-order valence-corrected chi connectivity index (χ2v) is 14.7. The zero-order valence-corrected chi connectivity index (χ0v) is 27.6. The number of carbonyl (C=O) groups excluding carboxylic acids is 2. The van der Waals surface area contributed by atoms with Crippen molar-refractivity contribution < 1.29 is 24.2 Å². The van der Waals surface area contributed by atoms with E-state index in [1.807, 2.05) is 11.8 Å². The van der Waals surface area contributed by atoms with E-state index in [2.05, 4.69) is 38.4 Å². The molecule has 12 heteroatoms. The van der Waals surface area contributed by atoms with Gasteiger partial charge in [0.25, 0.3) is 0 Å². The lowest BCUT2D eigenvalue weighted by atomic mass is 9.72. The molecular formula is C33H59N7O5. The van der Waals surface area contributed by atoms with Gasteiger partial charge in [-0.2, -0.15) is 0 Å². The molecule has 4 heterocycles. The number of amides is 2. The van der Waals surface area contributed by atoms with Crippen molar-refractivity contribution in [1.29, 1.82) is 0 Å². The Bertz CT molecular complexity index is 979. The van der Waals surface area contributed by atoms with Gasteiger partial charge in [-0.25, -0.2) is 0 Å².